The highest BCUT2D eigenvalue weighted by Gasteiger charge is 2.07. The lowest BCUT2D eigenvalue weighted by molar-refractivity contribution is 0.973. The summed E-state index contributed by atoms with van der Waals surface area (Å²) in [6, 6.07) is 19.3. The Balaban J connectivity index is 2.40. The van der Waals surface area contributed by atoms with Crippen LogP contribution < -0.4 is 0 Å². The highest BCUT2D eigenvalue weighted by molar-refractivity contribution is 5.83. The molecule has 0 amide bonds. The van der Waals surface area contributed by atoms with Crippen molar-refractivity contribution in [3.05, 3.63) is 83.9 Å². The number of allylic oxidation sites excluding steroid dienone is 2. The third kappa shape index (κ3) is 3.48. The van der Waals surface area contributed by atoms with Gasteiger partial charge >= 0.3 is 0 Å². The van der Waals surface area contributed by atoms with E-state index in [1.807, 2.05) is 6.08 Å². The summed E-state index contributed by atoms with van der Waals surface area (Å²) < 4.78 is 0. The molecule has 0 fully saturated rings. The zero-order valence-corrected chi connectivity index (χ0v) is 12.3. The second-order valence-corrected chi connectivity index (χ2v) is 5.09. The van der Waals surface area contributed by atoms with Gasteiger partial charge in [-0.05, 0) is 34.6 Å². The fraction of sp³-hybridized carbons (Fsp3) is 0.200. The van der Waals surface area contributed by atoms with Crippen molar-refractivity contribution in [1.82, 2.24) is 0 Å². The third-order valence-corrected chi connectivity index (χ3v) is 3.66. The fourth-order valence-electron chi connectivity index (χ4n) is 2.26. The molecule has 0 heteroatoms. The average molecular weight is 262 g/mol. The fourth-order valence-corrected chi connectivity index (χ4v) is 2.26. The maximum absolute atomic E-state index is 3.94. The zero-order chi connectivity index (χ0) is 14.4. The molecule has 0 spiro atoms. The quantitative estimate of drug-likeness (QED) is 0.485. The molecular weight excluding hydrogens is 240 g/mol. The van der Waals surface area contributed by atoms with Gasteiger partial charge in [-0.3, -0.25) is 0 Å². The lowest BCUT2D eigenvalue weighted by Crippen LogP contribution is -1.95. The van der Waals surface area contributed by atoms with E-state index < -0.39 is 0 Å². The lowest BCUT2D eigenvalue weighted by Gasteiger charge is -2.13. The van der Waals surface area contributed by atoms with Crippen molar-refractivity contribution in [3.63, 3.8) is 0 Å². The van der Waals surface area contributed by atoms with E-state index in [0.29, 0.717) is 5.92 Å². The van der Waals surface area contributed by atoms with Gasteiger partial charge in [0.05, 0.1) is 0 Å². The van der Waals surface area contributed by atoms with Gasteiger partial charge in [0.1, 0.15) is 0 Å². The Morgan fingerprint density at radius 1 is 1.05 bits per heavy atom. The molecule has 20 heavy (non-hydrogen) atoms. The Kier molecular flexibility index (Phi) is 4.95. The van der Waals surface area contributed by atoms with Crippen molar-refractivity contribution in [3.8, 4) is 0 Å². The molecule has 2 rings (SSSR count). The Labute approximate surface area is 122 Å². The summed E-state index contributed by atoms with van der Waals surface area (Å²) in [5.41, 5.74) is 5.19. The minimum absolute atomic E-state index is 0.336. The van der Waals surface area contributed by atoms with Crippen LogP contribution in [-0.4, -0.2) is 0 Å². The van der Waals surface area contributed by atoms with Crippen molar-refractivity contribution < 1.29 is 0 Å². The first-order valence-electron chi connectivity index (χ1n) is 7.23. The first-order valence-corrected chi connectivity index (χ1v) is 7.23. The minimum atomic E-state index is 0.336. The number of benzene rings is 2. The van der Waals surface area contributed by atoms with Gasteiger partial charge in [0.25, 0.3) is 0 Å². The van der Waals surface area contributed by atoms with Gasteiger partial charge in [0.15, 0.2) is 0 Å². The molecule has 2 aromatic carbocycles. The van der Waals surface area contributed by atoms with Crippen LogP contribution >= 0.6 is 0 Å². The molecule has 102 valence electrons. The van der Waals surface area contributed by atoms with Crippen molar-refractivity contribution >= 4 is 11.6 Å². The van der Waals surface area contributed by atoms with Gasteiger partial charge in [-0.25, -0.2) is 0 Å². The van der Waals surface area contributed by atoms with E-state index in [9.17, 15) is 0 Å². The molecule has 0 N–H and O–H groups in total. The Morgan fingerprint density at radius 2 is 1.70 bits per heavy atom. The predicted octanol–water partition coefficient (Wildman–Crippen LogP) is 5.61. The summed E-state index contributed by atoms with van der Waals surface area (Å²) in [5.74, 6) is 0.336. The number of hydrogen-bond donors (Lipinski definition) is 0. The Bertz CT molecular complexity index is 573. The van der Waals surface area contributed by atoms with Gasteiger partial charge in [0, 0.05) is 0 Å². The maximum Gasteiger partial charge on any atom is -0.000697 e. The zero-order valence-electron chi connectivity index (χ0n) is 12.3. The van der Waals surface area contributed by atoms with Crippen molar-refractivity contribution in [2.45, 2.75) is 20.3 Å². The number of rotatable bonds is 5. The van der Waals surface area contributed by atoms with Crippen molar-refractivity contribution in [2.75, 3.05) is 0 Å². The Hall–Kier alpha value is -2.08. The summed E-state index contributed by atoms with van der Waals surface area (Å²) >= 11 is 0. The van der Waals surface area contributed by atoms with E-state index in [1.165, 1.54) is 22.3 Å². The molecule has 0 bridgehead atoms. The number of hydrogen-bond acceptors (Lipinski definition) is 0. The molecule has 0 aromatic heterocycles. The third-order valence-electron chi connectivity index (χ3n) is 3.66. The lowest BCUT2D eigenvalue weighted by atomic mass is 9.92. The molecule has 0 radical (unpaired) electrons. The van der Waals surface area contributed by atoms with Crippen molar-refractivity contribution in [1.29, 1.82) is 0 Å². The van der Waals surface area contributed by atoms with Crippen LogP contribution in [0.1, 0.15) is 30.5 Å². The normalized spacial score (nSPS) is 13.0. The topological polar surface area (TPSA) is 0 Å². The smallest absolute Gasteiger partial charge is 0.000697 e. The molecule has 0 aliphatic rings. The molecule has 0 saturated heterocycles. The average Bonchev–Trinajstić information content (AvgIpc) is 2.53. The molecule has 1 unspecified atom stereocenters. The molecular formula is C20H22. The van der Waals surface area contributed by atoms with Gasteiger partial charge in [0.2, 0.25) is 0 Å². The first kappa shape index (κ1) is 14.3. The van der Waals surface area contributed by atoms with Crippen LogP contribution in [0.3, 0.4) is 0 Å². The molecule has 2 aromatic rings. The van der Waals surface area contributed by atoms with Crippen LogP contribution in [0, 0.1) is 5.92 Å². The molecule has 0 aliphatic carbocycles. The van der Waals surface area contributed by atoms with Crippen LogP contribution in [0.25, 0.3) is 11.6 Å². The maximum atomic E-state index is 3.94. The van der Waals surface area contributed by atoms with Gasteiger partial charge in [-0.2, -0.15) is 0 Å². The molecule has 1 atom stereocenters. The van der Waals surface area contributed by atoms with E-state index >= 15 is 0 Å². The predicted molar refractivity (Wildman–Crippen MR) is 89.5 cm³/mol. The molecule has 0 saturated carbocycles. The van der Waals surface area contributed by atoms with Crippen LogP contribution in [0.5, 0.6) is 0 Å². The van der Waals surface area contributed by atoms with Crippen LogP contribution in [-0.2, 0) is 6.42 Å². The van der Waals surface area contributed by atoms with Gasteiger partial charge < -0.3 is 0 Å². The standard InChI is InChI=1S/C20H22/c1-4-16(3)20(19-9-7-6-8-10-19)15-18-13-11-17(5-2)12-14-18/h4,6-16H,1,5H2,2-3H3/b20-15+. The van der Waals surface area contributed by atoms with Crippen LogP contribution in [0.2, 0.25) is 0 Å². The van der Waals surface area contributed by atoms with E-state index in [0.717, 1.165) is 6.42 Å². The molecule has 0 aliphatic heterocycles. The SMILES string of the molecule is C=CC(C)/C(=C\c1ccc(CC)cc1)c1ccccc1. The highest BCUT2D eigenvalue weighted by atomic mass is 14.1. The second-order valence-electron chi connectivity index (χ2n) is 5.09. The van der Waals surface area contributed by atoms with Crippen LogP contribution in [0.4, 0.5) is 0 Å². The van der Waals surface area contributed by atoms with E-state index in [1.54, 1.807) is 0 Å². The van der Waals surface area contributed by atoms with E-state index in [-0.39, 0.29) is 0 Å². The largest absolute Gasteiger partial charge is 0.102 e. The van der Waals surface area contributed by atoms with E-state index in [2.05, 4.69) is 81.1 Å². The summed E-state index contributed by atoms with van der Waals surface area (Å²) in [5, 5.41) is 0. The summed E-state index contributed by atoms with van der Waals surface area (Å²) in [4.78, 5) is 0. The van der Waals surface area contributed by atoms with Gasteiger partial charge in [-0.15, -0.1) is 6.58 Å². The summed E-state index contributed by atoms with van der Waals surface area (Å²) in [6.45, 7) is 8.30. The first-order chi connectivity index (χ1) is 9.74. The number of aryl methyl sites for hydroxylation is 1. The van der Waals surface area contributed by atoms with E-state index in [4.69, 9.17) is 0 Å². The molecule has 0 nitrogen and oxygen atoms in total. The Morgan fingerprint density at radius 3 is 2.25 bits per heavy atom. The highest BCUT2D eigenvalue weighted by Crippen LogP contribution is 2.26. The van der Waals surface area contributed by atoms with Crippen molar-refractivity contribution in [2.24, 2.45) is 5.92 Å². The second kappa shape index (κ2) is 6.91. The monoisotopic (exact) mass is 262 g/mol. The summed E-state index contributed by atoms with van der Waals surface area (Å²) in [7, 11) is 0. The molecule has 0 heterocycles. The van der Waals surface area contributed by atoms with Crippen LogP contribution in [0.15, 0.2) is 67.3 Å². The summed E-state index contributed by atoms with van der Waals surface area (Å²) in [6.07, 6.45) is 5.35. The minimum Gasteiger partial charge on any atom is -0.102 e. The van der Waals surface area contributed by atoms with Gasteiger partial charge in [-0.1, -0.05) is 80.6 Å².